The summed E-state index contributed by atoms with van der Waals surface area (Å²) in [6.07, 6.45) is 3.51. The van der Waals surface area contributed by atoms with Gasteiger partial charge in [0.1, 0.15) is 45.8 Å². The number of halogens is 3. The normalized spacial score (nSPS) is 29.8. The maximum atomic E-state index is 17.2. The van der Waals surface area contributed by atoms with Gasteiger partial charge in [0.15, 0.2) is 5.82 Å². The average Bonchev–Trinajstić information content (AvgIpc) is 3.40. The van der Waals surface area contributed by atoms with Crippen LogP contribution in [0.3, 0.4) is 0 Å². The second-order valence-electron chi connectivity index (χ2n) is 16.0. The molecular weight excluding hydrogens is 727 g/mol. The van der Waals surface area contributed by atoms with E-state index in [1.54, 1.807) is 17.9 Å². The molecule has 6 unspecified atom stereocenters. The number of β-amino-alcohol motifs (C(OH)–C–C–N with tert-alkyl or cyclic N) is 1. The molecule has 6 atom stereocenters. The van der Waals surface area contributed by atoms with Gasteiger partial charge in [0.05, 0.1) is 51.7 Å². The van der Waals surface area contributed by atoms with Crippen molar-refractivity contribution in [1.82, 2.24) is 19.9 Å². The van der Waals surface area contributed by atoms with E-state index in [4.69, 9.17) is 23.9 Å². The number of rotatable bonds is 7. The fraction of sp³-hybridized carbons (Fsp3) is 0.595. The standard InChI is InChI=1S/C40H48F3N5O6.C2H6/c1-22-15-25(16-23(2)54-22)48-12-6-10-40(11-9-29(42)35(40)48)21-53-38-45-34-31(36(46-38)47-13-14-52-20-39(3,50)19-47)37(51-4)44-33(32(34)43)27-18-26(49)17-24-7-5-8-28(41)30(24)27;1-2/h5,7-8,17-18,22-23,25,29,35,49-50H,6,9-16,19-21H2,1-4H3;1-2H3. The zero-order valence-corrected chi connectivity index (χ0v) is 33.2. The zero-order chi connectivity index (χ0) is 39.9. The third-order valence-corrected chi connectivity index (χ3v) is 11.8. The first-order valence-electron chi connectivity index (χ1n) is 20.0. The molecule has 1 saturated carbocycles. The fourth-order valence-electron chi connectivity index (χ4n) is 9.65. The molecule has 8 rings (SSSR count). The topological polar surface area (TPSA) is 123 Å². The number of nitrogens with zero attached hydrogens (tertiary/aromatic N) is 5. The van der Waals surface area contributed by atoms with E-state index in [2.05, 4.69) is 28.7 Å². The van der Waals surface area contributed by atoms with E-state index in [1.807, 2.05) is 13.8 Å². The van der Waals surface area contributed by atoms with Gasteiger partial charge in [0, 0.05) is 29.0 Å². The summed E-state index contributed by atoms with van der Waals surface area (Å²) in [5, 5.41) is 22.3. The highest BCUT2D eigenvalue weighted by atomic mass is 19.1. The Labute approximate surface area is 326 Å². The lowest BCUT2D eigenvalue weighted by atomic mass is 9.74. The SMILES string of the molecule is CC.COc1nc(-c2cc(O)cc3cccc(F)c23)c(F)c2nc(OCC34CCCN(C5CC(C)OC(C)C5)C3C(F)CC4)nc(N3CCOCC(C)(O)C3)c12. The largest absolute Gasteiger partial charge is 0.508 e. The van der Waals surface area contributed by atoms with Crippen molar-refractivity contribution in [2.24, 2.45) is 5.41 Å². The summed E-state index contributed by atoms with van der Waals surface area (Å²) in [6.45, 7) is 11.4. The number of piperidine rings is 1. The third-order valence-electron chi connectivity index (χ3n) is 11.8. The van der Waals surface area contributed by atoms with Gasteiger partial charge in [-0.3, -0.25) is 4.90 Å². The van der Waals surface area contributed by atoms with Gasteiger partial charge in [0.25, 0.3) is 0 Å². The first-order valence-corrected chi connectivity index (χ1v) is 20.0. The monoisotopic (exact) mass is 781 g/mol. The molecule has 11 nitrogen and oxygen atoms in total. The number of alkyl halides is 1. The van der Waals surface area contributed by atoms with Crippen LogP contribution in [0.1, 0.15) is 73.1 Å². The van der Waals surface area contributed by atoms with Crippen molar-refractivity contribution in [3.63, 3.8) is 0 Å². The van der Waals surface area contributed by atoms with Crippen molar-refractivity contribution < 1.29 is 42.3 Å². The van der Waals surface area contributed by atoms with Crippen LogP contribution in [0.5, 0.6) is 17.6 Å². The van der Waals surface area contributed by atoms with Gasteiger partial charge in [-0.25, -0.2) is 18.2 Å². The Bertz CT molecular complexity index is 2040. The highest BCUT2D eigenvalue weighted by molar-refractivity contribution is 6.02. The minimum Gasteiger partial charge on any atom is -0.508 e. The Balaban J connectivity index is 0.00000237. The summed E-state index contributed by atoms with van der Waals surface area (Å²) >= 11 is 0. The Hall–Kier alpha value is -3.98. The predicted octanol–water partition coefficient (Wildman–Crippen LogP) is 7.37. The highest BCUT2D eigenvalue weighted by Gasteiger charge is 2.55. The van der Waals surface area contributed by atoms with Gasteiger partial charge >= 0.3 is 6.01 Å². The van der Waals surface area contributed by atoms with E-state index in [9.17, 15) is 10.2 Å². The molecule has 304 valence electrons. The Morgan fingerprint density at radius 3 is 2.54 bits per heavy atom. The summed E-state index contributed by atoms with van der Waals surface area (Å²) < 4.78 is 72.6. The number of aromatic hydroxyl groups is 1. The zero-order valence-electron chi connectivity index (χ0n) is 33.2. The summed E-state index contributed by atoms with van der Waals surface area (Å²) in [5.74, 6) is -1.56. The molecule has 14 heteroatoms. The van der Waals surface area contributed by atoms with Crippen LogP contribution in [0, 0.1) is 17.0 Å². The van der Waals surface area contributed by atoms with Crippen molar-refractivity contribution >= 4 is 27.5 Å². The fourth-order valence-corrected chi connectivity index (χ4v) is 9.65. The smallest absolute Gasteiger partial charge is 0.319 e. The minimum atomic E-state index is -1.27. The first-order chi connectivity index (χ1) is 26.9. The van der Waals surface area contributed by atoms with Gasteiger partial charge in [-0.1, -0.05) is 26.0 Å². The van der Waals surface area contributed by atoms with Gasteiger partial charge in [-0.2, -0.15) is 9.97 Å². The number of phenolic OH excluding ortho intramolecular Hbond substituents is 1. The predicted molar refractivity (Wildman–Crippen MR) is 208 cm³/mol. The molecule has 4 aromatic rings. The van der Waals surface area contributed by atoms with E-state index in [0.29, 0.717) is 24.8 Å². The first kappa shape index (κ1) is 40.2. The minimum absolute atomic E-state index is 0.00950. The van der Waals surface area contributed by atoms with Crippen LogP contribution in [-0.2, 0) is 9.47 Å². The van der Waals surface area contributed by atoms with Crippen LogP contribution in [0.2, 0.25) is 0 Å². The molecule has 0 amide bonds. The van der Waals surface area contributed by atoms with Crippen LogP contribution in [0.15, 0.2) is 30.3 Å². The van der Waals surface area contributed by atoms with E-state index in [-0.39, 0.29) is 102 Å². The maximum absolute atomic E-state index is 17.2. The number of phenols is 1. The van der Waals surface area contributed by atoms with Crippen LogP contribution < -0.4 is 14.4 Å². The second-order valence-corrected chi connectivity index (χ2v) is 16.0. The number of hydrogen-bond donors (Lipinski definition) is 2. The van der Waals surface area contributed by atoms with E-state index >= 15 is 13.2 Å². The molecule has 1 aliphatic carbocycles. The molecule has 2 aromatic heterocycles. The number of fused-ring (bicyclic) bond motifs is 3. The van der Waals surface area contributed by atoms with Crippen LogP contribution in [0.25, 0.3) is 32.9 Å². The van der Waals surface area contributed by atoms with Crippen molar-refractivity contribution in [2.45, 2.75) is 109 Å². The van der Waals surface area contributed by atoms with E-state index in [1.165, 1.54) is 31.4 Å². The summed E-state index contributed by atoms with van der Waals surface area (Å²) in [4.78, 5) is 18.1. The molecular formula is C42H54F3N5O6. The van der Waals surface area contributed by atoms with Crippen LogP contribution in [-0.4, -0.2) is 113 Å². The number of hydrogen-bond acceptors (Lipinski definition) is 11. The highest BCUT2D eigenvalue weighted by Crippen LogP contribution is 2.51. The number of methoxy groups -OCH3 is 1. The van der Waals surface area contributed by atoms with E-state index < -0.39 is 28.8 Å². The number of aromatic nitrogens is 3. The number of likely N-dealkylation sites (tertiary alicyclic amines) is 1. The lowest BCUT2D eigenvalue weighted by Crippen LogP contribution is -2.60. The van der Waals surface area contributed by atoms with Crippen molar-refractivity contribution in [1.29, 1.82) is 0 Å². The lowest BCUT2D eigenvalue weighted by Gasteiger charge is -2.51. The molecule has 4 aliphatic rings. The van der Waals surface area contributed by atoms with Crippen LogP contribution >= 0.6 is 0 Å². The van der Waals surface area contributed by atoms with Gasteiger partial charge in [-0.15, -0.1) is 0 Å². The lowest BCUT2D eigenvalue weighted by molar-refractivity contribution is -0.105. The van der Waals surface area contributed by atoms with Gasteiger partial charge in [0.2, 0.25) is 5.88 Å². The number of pyridine rings is 1. The Morgan fingerprint density at radius 1 is 1.02 bits per heavy atom. The summed E-state index contributed by atoms with van der Waals surface area (Å²) in [5.41, 5.74) is -2.27. The van der Waals surface area contributed by atoms with Gasteiger partial charge < -0.3 is 34.1 Å². The summed E-state index contributed by atoms with van der Waals surface area (Å²) in [7, 11) is 1.38. The molecule has 56 heavy (non-hydrogen) atoms. The molecule has 2 aromatic carbocycles. The van der Waals surface area contributed by atoms with E-state index in [0.717, 1.165) is 32.2 Å². The molecule has 5 heterocycles. The maximum Gasteiger partial charge on any atom is 0.319 e. The third kappa shape index (κ3) is 7.57. The average molecular weight is 782 g/mol. The van der Waals surface area contributed by atoms with Crippen molar-refractivity contribution in [3.8, 4) is 28.9 Å². The number of benzene rings is 2. The van der Waals surface area contributed by atoms with Crippen molar-refractivity contribution in [3.05, 3.63) is 42.0 Å². The quantitative estimate of drug-likeness (QED) is 0.196. The Morgan fingerprint density at radius 2 is 1.79 bits per heavy atom. The molecule has 4 fully saturated rings. The molecule has 0 spiro atoms. The van der Waals surface area contributed by atoms with Gasteiger partial charge in [-0.05, 0) is 89.4 Å². The number of ether oxygens (including phenoxy) is 4. The molecule has 3 aliphatic heterocycles. The molecule has 0 bridgehead atoms. The number of aliphatic hydroxyl groups is 1. The van der Waals surface area contributed by atoms with Crippen molar-refractivity contribution in [2.75, 3.05) is 51.5 Å². The molecule has 0 radical (unpaired) electrons. The number of anilines is 1. The summed E-state index contributed by atoms with van der Waals surface area (Å²) in [6, 6.07) is 6.73. The van der Waals surface area contributed by atoms with Crippen LogP contribution in [0.4, 0.5) is 19.0 Å². The Kier molecular flexibility index (Phi) is 11.6. The molecule has 3 saturated heterocycles. The second kappa shape index (κ2) is 16.1. The molecule has 2 N–H and O–H groups in total.